The first kappa shape index (κ1) is 15.5. The van der Waals surface area contributed by atoms with Gasteiger partial charge >= 0.3 is 0 Å². The third kappa shape index (κ3) is 4.28. The molecule has 0 saturated carbocycles. The monoisotopic (exact) mass is 304 g/mol. The number of hydrogen-bond acceptors (Lipinski definition) is 3. The number of aryl methyl sites for hydroxylation is 1. The van der Waals surface area contributed by atoms with E-state index in [1.165, 1.54) is 0 Å². The minimum atomic E-state index is -0.149. The van der Waals surface area contributed by atoms with Crippen molar-refractivity contribution >= 4 is 17.5 Å². The SMILES string of the molecule is Cc1nc(Cl)ccc1C(=O)NCCc1ccc(CO)cc1. The van der Waals surface area contributed by atoms with Crippen LogP contribution < -0.4 is 5.32 Å². The zero-order valence-corrected chi connectivity index (χ0v) is 12.5. The Hall–Kier alpha value is -1.91. The topological polar surface area (TPSA) is 62.2 Å². The van der Waals surface area contributed by atoms with Crippen LogP contribution in [0.25, 0.3) is 0 Å². The van der Waals surface area contributed by atoms with Crippen LogP contribution in [0.15, 0.2) is 36.4 Å². The highest BCUT2D eigenvalue weighted by atomic mass is 35.5. The molecule has 0 atom stereocenters. The number of nitrogens with one attached hydrogen (secondary N) is 1. The van der Waals surface area contributed by atoms with E-state index in [9.17, 15) is 4.79 Å². The molecule has 2 N–H and O–H groups in total. The lowest BCUT2D eigenvalue weighted by Gasteiger charge is -2.08. The van der Waals surface area contributed by atoms with Crippen molar-refractivity contribution in [1.82, 2.24) is 10.3 Å². The number of carbonyl (C=O) groups excluding carboxylic acids is 1. The van der Waals surface area contributed by atoms with Crippen molar-refractivity contribution in [1.29, 1.82) is 0 Å². The van der Waals surface area contributed by atoms with Crippen LogP contribution in [-0.4, -0.2) is 22.5 Å². The van der Waals surface area contributed by atoms with Crippen molar-refractivity contribution in [3.8, 4) is 0 Å². The van der Waals surface area contributed by atoms with Crippen LogP contribution in [0.2, 0.25) is 5.15 Å². The first-order valence-electron chi connectivity index (χ1n) is 6.70. The van der Waals surface area contributed by atoms with E-state index in [-0.39, 0.29) is 12.5 Å². The number of aliphatic hydroxyl groups excluding tert-OH is 1. The zero-order valence-electron chi connectivity index (χ0n) is 11.8. The number of benzene rings is 1. The summed E-state index contributed by atoms with van der Waals surface area (Å²) in [7, 11) is 0. The highest BCUT2D eigenvalue weighted by Gasteiger charge is 2.09. The van der Waals surface area contributed by atoms with Crippen molar-refractivity contribution in [2.45, 2.75) is 20.0 Å². The smallest absolute Gasteiger partial charge is 0.253 e. The van der Waals surface area contributed by atoms with E-state index in [4.69, 9.17) is 16.7 Å². The molecule has 0 aliphatic heterocycles. The Balaban J connectivity index is 1.88. The van der Waals surface area contributed by atoms with Gasteiger partial charge in [0.05, 0.1) is 17.9 Å². The van der Waals surface area contributed by atoms with Gasteiger partial charge < -0.3 is 10.4 Å². The van der Waals surface area contributed by atoms with Gasteiger partial charge in [-0.05, 0) is 36.6 Å². The molecule has 0 saturated heterocycles. The molecule has 0 spiro atoms. The van der Waals surface area contributed by atoms with Gasteiger partial charge in [0, 0.05) is 6.54 Å². The highest BCUT2D eigenvalue weighted by Crippen LogP contribution is 2.10. The quantitative estimate of drug-likeness (QED) is 0.834. The van der Waals surface area contributed by atoms with Crippen molar-refractivity contribution < 1.29 is 9.90 Å². The van der Waals surface area contributed by atoms with Gasteiger partial charge in [0.1, 0.15) is 5.15 Å². The van der Waals surface area contributed by atoms with E-state index in [2.05, 4.69) is 10.3 Å². The summed E-state index contributed by atoms with van der Waals surface area (Å²) in [5, 5.41) is 12.2. The van der Waals surface area contributed by atoms with Crippen LogP contribution in [0.3, 0.4) is 0 Å². The molecule has 1 aromatic heterocycles. The van der Waals surface area contributed by atoms with E-state index in [0.29, 0.717) is 23.0 Å². The molecule has 0 aliphatic carbocycles. The Labute approximate surface area is 128 Å². The lowest BCUT2D eigenvalue weighted by atomic mass is 10.1. The Morgan fingerprint density at radius 1 is 1.19 bits per heavy atom. The minimum Gasteiger partial charge on any atom is -0.392 e. The van der Waals surface area contributed by atoms with Gasteiger partial charge in [-0.2, -0.15) is 0 Å². The molecule has 1 amide bonds. The number of carbonyl (C=O) groups is 1. The fourth-order valence-electron chi connectivity index (χ4n) is 2.00. The van der Waals surface area contributed by atoms with Crippen LogP contribution in [0.4, 0.5) is 0 Å². The molecule has 2 aromatic rings. The summed E-state index contributed by atoms with van der Waals surface area (Å²) >= 11 is 5.77. The molecular formula is C16H17ClN2O2. The Morgan fingerprint density at radius 3 is 2.48 bits per heavy atom. The highest BCUT2D eigenvalue weighted by molar-refractivity contribution is 6.29. The predicted octanol–water partition coefficient (Wildman–Crippen LogP) is 2.51. The van der Waals surface area contributed by atoms with Gasteiger partial charge in [0.2, 0.25) is 0 Å². The third-order valence-corrected chi connectivity index (χ3v) is 3.41. The van der Waals surface area contributed by atoms with Crippen LogP contribution in [0.5, 0.6) is 0 Å². The maximum absolute atomic E-state index is 12.0. The zero-order chi connectivity index (χ0) is 15.2. The van der Waals surface area contributed by atoms with Crippen molar-refractivity contribution in [3.63, 3.8) is 0 Å². The number of halogens is 1. The van der Waals surface area contributed by atoms with Gasteiger partial charge in [-0.25, -0.2) is 4.98 Å². The second-order valence-electron chi connectivity index (χ2n) is 4.75. The molecule has 4 nitrogen and oxygen atoms in total. The Bertz CT molecular complexity index is 627. The van der Waals surface area contributed by atoms with Gasteiger partial charge in [0.15, 0.2) is 0 Å². The molecule has 0 fully saturated rings. The van der Waals surface area contributed by atoms with Crippen LogP contribution in [0, 0.1) is 6.92 Å². The number of amides is 1. The van der Waals surface area contributed by atoms with E-state index in [1.54, 1.807) is 19.1 Å². The molecule has 2 rings (SSSR count). The van der Waals surface area contributed by atoms with Gasteiger partial charge in [-0.1, -0.05) is 35.9 Å². The van der Waals surface area contributed by atoms with E-state index >= 15 is 0 Å². The summed E-state index contributed by atoms with van der Waals surface area (Å²) in [6.45, 7) is 2.34. The maximum atomic E-state index is 12.0. The first-order valence-corrected chi connectivity index (χ1v) is 7.08. The van der Waals surface area contributed by atoms with Crippen molar-refractivity contribution in [3.05, 3.63) is 63.9 Å². The summed E-state index contributed by atoms with van der Waals surface area (Å²) < 4.78 is 0. The average Bonchev–Trinajstić information content (AvgIpc) is 2.47. The number of nitrogens with zero attached hydrogens (tertiary/aromatic N) is 1. The summed E-state index contributed by atoms with van der Waals surface area (Å²) in [5.74, 6) is -0.149. The summed E-state index contributed by atoms with van der Waals surface area (Å²) in [5.41, 5.74) is 3.14. The molecule has 5 heteroatoms. The molecule has 0 radical (unpaired) electrons. The molecular weight excluding hydrogens is 288 g/mol. The molecule has 110 valence electrons. The lowest BCUT2D eigenvalue weighted by Crippen LogP contribution is -2.26. The first-order chi connectivity index (χ1) is 10.1. The van der Waals surface area contributed by atoms with Crippen LogP contribution >= 0.6 is 11.6 Å². The summed E-state index contributed by atoms with van der Waals surface area (Å²) in [4.78, 5) is 16.1. The van der Waals surface area contributed by atoms with E-state index < -0.39 is 0 Å². The van der Waals surface area contributed by atoms with Crippen molar-refractivity contribution in [2.75, 3.05) is 6.54 Å². The molecule has 0 unspecified atom stereocenters. The molecule has 21 heavy (non-hydrogen) atoms. The third-order valence-electron chi connectivity index (χ3n) is 3.20. The summed E-state index contributed by atoms with van der Waals surface area (Å²) in [6.07, 6.45) is 0.734. The number of rotatable bonds is 5. The summed E-state index contributed by atoms with van der Waals surface area (Å²) in [6, 6.07) is 10.9. The van der Waals surface area contributed by atoms with Crippen LogP contribution in [-0.2, 0) is 13.0 Å². The van der Waals surface area contributed by atoms with Gasteiger partial charge in [-0.15, -0.1) is 0 Å². The maximum Gasteiger partial charge on any atom is 0.253 e. The minimum absolute atomic E-state index is 0.0415. The molecule has 0 aliphatic rings. The Kier molecular flexibility index (Phi) is 5.31. The average molecular weight is 305 g/mol. The normalized spacial score (nSPS) is 10.4. The van der Waals surface area contributed by atoms with Gasteiger partial charge in [-0.3, -0.25) is 4.79 Å². The lowest BCUT2D eigenvalue weighted by molar-refractivity contribution is 0.0953. The number of aromatic nitrogens is 1. The second kappa shape index (κ2) is 7.20. The fraction of sp³-hybridized carbons (Fsp3) is 0.250. The molecule has 1 aromatic carbocycles. The van der Waals surface area contributed by atoms with Gasteiger partial charge in [0.25, 0.3) is 5.91 Å². The number of aliphatic hydroxyl groups is 1. The van der Waals surface area contributed by atoms with Crippen molar-refractivity contribution in [2.24, 2.45) is 0 Å². The van der Waals surface area contributed by atoms with E-state index in [1.807, 2.05) is 24.3 Å². The molecule has 0 bridgehead atoms. The Morgan fingerprint density at radius 2 is 1.86 bits per heavy atom. The standard InChI is InChI=1S/C16H17ClN2O2/c1-11-14(6-7-15(17)19-11)16(21)18-9-8-12-2-4-13(10-20)5-3-12/h2-7,20H,8-10H2,1H3,(H,18,21). The number of hydrogen-bond donors (Lipinski definition) is 2. The predicted molar refractivity (Wildman–Crippen MR) is 82.4 cm³/mol. The van der Waals surface area contributed by atoms with E-state index in [0.717, 1.165) is 17.5 Å². The van der Waals surface area contributed by atoms with Crippen LogP contribution in [0.1, 0.15) is 27.2 Å². The fourth-order valence-corrected chi connectivity index (χ4v) is 2.19. The largest absolute Gasteiger partial charge is 0.392 e. The number of pyridine rings is 1. The second-order valence-corrected chi connectivity index (χ2v) is 5.13. The molecule has 1 heterocycles.